The summed E-state index contributed by atoms with van der Waals surface area (Å²) in [5, 5.41) is 0. The Balaban J connectivity index is 1.69. The van der Waals surface area contributed by atoms with Crippen LogP contribution in [0.3, 0.4) is 0 Å². The van der Waals surface area contributed by atoms with Gasteiger partial charge in [-0.05, 0) is 137 Å². The second kappa shape index (κ2) is 8.75. The lowest BCUT2D eigenvalue weighted by atomic mass is 10.1. The number of aromatic nitrogens is 4. The number of nitrogens with one attached hydrogen (secondary N) is 2. The van der Waals surface area contributed by atoms with Crippen molar-refractivity contribution in [2.24, 2.45) is 0 Å². The average molecular weight is 702 g/mol. The quantitative estimate of drug-likeness (QED) is 0.133. The zero-order valence-corrected chi connectivity index (χ0v) is 23.7. The molecular formula is C26H14Br4N4. The molecule has 8 bridgehead atoms. The molecule has 3 aromatic heterocycles. The van der Waals surface area contributed by atoms with Crippen LogP contribution in [0.15, 0.2) is 66.4 Å². The Hall–Kier alpha value is -2.26. The first-order valence-corrected chi connectivity index (χ1v) is 13.5. The number of H-pyrrole nitrogens is 2. The van der Waals surface area contributed by atoms with Crippen LogP contribution in [-0.4, -0.2) is 19.9 Å². The van der Waals surface area contributed by atoms with Crippen molar-refractivity contribution in [2.45, 2.75) is 0 Å². The fourth-order valence-electron chi connectivity index (χ4n) is 4.01. The highest BCUT2D eigenvalue weighted by atomic mass is 79.9. The molecule has 1 aromatic carbocycles. The first-order valence-electron chi connectivity index (χ1n) is 10.3. The minimum atomic E-state index is 0.875. The molecule has 0 radical (unpaired) electrons. The molecule has 0 amide bonds. The summed E-state index contributed by atoms with van der Waals surface area (Å²) in [7, 11) is 0. The van der Waals surface area contributed by atoms with E-state index in [1.165, 1.54) is 0 Å². The Morgan fingerprint density at radius 3 is 1.82 bits per heavy atom. The van der Waals surface area contributed by atoms with Crippen LogP contribution in [0.5, 0.6) is 0 Å². The van der Waals surface area contributed by atoms with Crippen molar-refractivity contribution in [1.29, 1.82) is 0 Å². The molecule has 166 valence electrons. The van der Waals surface area contributed by atoms with E-state index in [0.29, 0.717) is 0 Å². The summed E-state index contributed by atoms with van der Waals surface area (Å²) in [6.45, 7) is 0. The molecule has 0 atom stereocenters. The Morgan fingerprint density at radius 2 is 1.12 bits per heavy atom. The van der Waals surface area contributed by atoms with Crippen molar-refractivity contribution in [3.8, 4) is 11.1 Å². The van der Waals surface area contributed by atoms with E-state index in [0.717, 1.165) is 73.9 Å². The molecule has 0 fully saturated rings. The molecule has 2 aliphatic rings. The number of benzene rings is 1. The van der Waals surface area contributed by atoms with Crippen LogP contribution in [0.1, 0.15) is 22.8 Å². The van der Waals surface area contributed by atoms with Crippen LogP contribution in [0.4, 0.5) is 0 Å². The number of aromatic amines is 2. The summed E-state index contributed by atoms with van der Waals surface area (Å²) in [6, 6.07) is 16.6. The highest BCUT2D eigenvalue weighted by molar-refractivity contribution is 9.15. The van der Waals surface area contributed by atoms with E-state index in [-0.39, 0.29) is 0 Å². The predicted molar refractivity (Wildman–Crippen MR) is 155 cm³/mol. The zero-order valence-electron chi connectivity index (χ0n) is 17.3. The second-order valence-corrected chi connectivity index (χ2v) is 11.2. The van der Waals surface area contributed by atoms with Crippen LogP contribution >= 0.6 is 63.7 Å². The second-order valence-electron chi connectivity index (χ2n) is 7.94. The molecule has 2 aliphatic heterocycles. The zero-order chi connectivity index (χ0) is 23.4. The van der Waals surface area contributed by atoms with Crippen molar-refractivity contribution >= 4 is 110 Å². The smallest absolute Gasteiger partial charge is 0.0659 e. The van der Waals surface area contributed by atoms with Crippen LogP contribution in [0, 0.1) is 0 Å². The fraction of sp³-hybridized carbons (Fsp3) is 0. The van der Waals surface area contributed by atoms with E-state index >= 15 is 0 Å². The molecule has 0 saturated carbocycles. The van der Waals surface area contributed by atoms with Crippen molar-refractivity contribution in [3.05, 3.63) is 89.2 Å². The molecule has 4 aromatic rings. The lowest BCUT2D eigenvalue weighted by molar-refractivity contribution is 1.28. The molecule has 6 rings (SSSR count). The van der Waals surface area contributed by atoms with E-state index in [1.54, 1.807) is 0 Å². The van der Waals surface area contributed by atoms with Crippen molar-refractivity contribution < 1.29 is 0 Å². The number of rotatable bonds is 1. The van der Waals surface area contributed by atoms with Crippen molar-refractivity contribution in [2.75, 3.05) is 0 Å². The van der Waals surface area contributed by atoms with E-state index in [1.807, 2.05) is 36.4 Å². The standard InChI is InChI=1S/C26H14Br4N4/c27-22-12-21(24(28)26(30)25(22)29)20-10-19-9-17-4-3-15(32-17)7-13-1-2-14(31-13)8-16-5-6-18(33-16)11-23(20)34-19/h1-12,32,34H. The van der Waals surface area contributed by atoms with E-state index < -0.39 is 0 Å². The van der Waals surface area contributed by atoms with Gasteiger partial charge in [-0.3, -0.25) is 0 Å². The van der Waals surface area contributed by atoms with E-state index in [4.69, 9.17) is 4.98 Å². The molecule has 34 heavy (non-hydrogen) atoms. The Kier molecular flexibility index (Phi) is 5.72. The third-order valence-corrected chi connectivity index (χ3v) is 10.2. The van der Waals surface area contributed by atoms with Gasteiger partial charge in [0.25, 0.3) is 0 Å². The van der Waals surface area contributed by atoms with Crippen LogP contribution < -0.4 is 0 Å². The van der Waals surface area contributed by atoms with E-state index in [2.05, 4.69) is 115 Å². The van der Waals surface area contributed by atoms with Gasteiger partial charge in [-0.25, -0.2) is 9.97 Å². The highest BCUT2D eigenvalue weighted by Gasteiger charge is 2.16. The van der Waals surface area contributed by atoms with Gasteiger partial charge in [0.15, 0.2) is 0 Å². The number of fused-ring (bicyclic) bond motifs is 8. The Bertz CT molecular complexity index is 1710. The van der Waals surface area contributed by atoms with Crippen molar-refractivity contribution in [3.63, 3.8) is 0 Å². The summed E-state index contributed by atoms with van der Waals surface area (Å²) in [6.07, 6.45) is 8.05. The first-order chi connectivity index (χ1) is 16.4. The molecule has 0 aliphatic carbocycles. The van der Waals surface area contributed by atoms with Gasteiger partial charge in [0.1, 0.15) is 0 Å². The van der Waals surface area contributed by atoms with Crippen molar-refractivity contribution in [1.82, 2.24) is 19.9 Å². The van der Waals surface area contributed by atoms with Gasteiger partial charge in [-0.1, -0.05) is 0 Å². The van der Waals surface area contributed by atoms with Gasteiger partial charge in [-0.15, -0.1) is 0 Å². The normalized spacial score (nSPS) is 12.5. The Labute approximate surface area is 228 Å². The maximum atomic E-state index is 4.79. The minimum absolute atomic E-state index is 0.875. The molecular weight excluding hydrogens is 688 g/mol. The van der Waals surface area contributed by atoms with Gasteiger partial charge in [0.05, 0.1) is 22.8 Å². The first kappa shape index (κ1) is 22.2. The van der Waals surface area contributed by atoms with Crippen LogP contribution in [-0.2, 0) is 0 Å². The van der Waals surface area contributed by atoms with Crippen LogP contribution in [0.2, 0.25) is 0 Å². The lowest BCUT2D eigenvalue weighted by Crippen LogP contribution is -1.84. The molecule has 5 heterocycles. The SMILES string of the molecule is Brc1cc(-c2cc3cc4ccc(cc5nc(cc6nc(cc2[nH]3)C=C6)C=C5)[nH]4)c(Br)c(Br)c1Br. The molecule has 0 unspecified atom stereocenters. The molecule has 8 heteroatoms. The Morgan fingerprint density at radius 1 is 0.500 bits per heavy atom. The number of hydrogen-bond donors (Lipinski definition) is 2. The average Bonchev–Trinajstić information content (AvgIpc) is 3.60. The van der Waals surface area contributed by atoms with Gasteiger partial charge >= 0.3 is 0 Å². The maximum absolute atomic E-state index is 4.79. The third kappa shape index (κ3) is 4.17. The molecule has 4 nitrogen and oxygen atoms in total. The largest absolute Gasteiger partial charge is 0.355 e. The maximum Gasteiger partial charge on any atom is 0.0659 e. The fourth-order valence-corrected chi connectivity index (χ4v) is 6.24. The molecule has 2 N–H and O–H groups in total. The lowest BCUT2D eigenvalue weighted by Gasteiger charge is -2.09. The summed E-state index contributed by atoms with van der Waals surface area (Å²) in [5.41, 5.74) is 9.61. The summed E-state index contributed by atoms with van der Waals surface area (Å²) in [4.78, 5) is 16.5. The number of nitrogens with zero attached hydrogens (tertiary/aromatic N) is 2. The summed E-state index contributed by atoms with van der Waals surface area (Å²) < 4.78 is 3.83. The van der Waals surface area contributed by atoms with Gasteiger partial charge in [0, 0.05) is 51.1 Å². The summed E-state index contributed by atoms with van der Waals surface area (Å²) in [5.74, 6) is 0. The molecule has 0 spiro atoms. The minimum Gasteiger partial charge on any atom is -0.355 e. The monoisotopic (exact) mass is 698 g/mol. The van der Waals surface area contributed by atoms with Gasteiger partial charge < -0.3 is 9.97 Å². The topological polar surface area (TPSA) is 57.4 Å². The van der Waals surface area contributed by atoms with Crippen LogP contribution in [0.25, 0.3) is 57.5 Å². The summed E-state index contributed by atoms with van der Waals surface area (Å²) >= 11 is 14.7. The third-order valence-electron chi connectivity index (χ3n) is 5.56. The molecule has 0 saturated heterocycles. The highest BCUT2D eigenvalue weighted by Crippen LogP contribution is 2.44. The number of halogens is 4. The van der Waals surface area contributed by atoms with Gasteiger partial charge in [0.2, 0.25) is 0 Å². The van der Waals surface area contributed by atoms with E-state index in [9.17, 15) is 0 Å². The predicted octanol–water partition coefficient (Wildman–Crippen LogP) is 9.37. The number of hydrogen-bond acceptors (Lipinski definition) is 2. The van der Waals surface area contributed by atoms with Gasteiger partial charge in [-0.2, -0.15) is 0 Å².